The maximum Gasteiger partial charge on any atom is 0.220 e. The van der Waals surface area contributed by atoms with Gasteiger partial charge in [0.15, 0.2) is 18.9 Å². The van der Waals surface area contributed by atoms with Crippen molar-refractivity contribution in [3.63, 3.8) is 0 Å². The Balaban J connectivity index is 1.30. The van der Waals surface area contributed by atoms with Crippen molar-refractivity contribution < 1.29 is 89.4 Å². The summed E-state index contributed by atoms with van der Waals surface area (Å²) < 4.78 is 34.5. The lowest BCUT2D eigenvalue weighted by molar-refractivity contribution is -0.379. The van der Waals surface area contributed by atoms with Crippen molar-refractivity contribution in [1.29, 1.82) is 0 Å². The van der Waals surface area contributed by atoms with E-state index in [-0.39, 0.29) is 18.9 Å². The Kier molecular flexibility index (Phi) is 55.3. The van der Waals surface area contributed by atoms with Crippen LogP contribution in [0.2, 0.25) is 0 Å². The summed E-state index contributed by atoms with van der Waals surface area (Å²) in [5.74, 6) is -0.240. The van der Waals surface area contributed by atoms with Crippen molar-refractivity contribution in [3.8, 4) is 0 Å². The number of aliphatic hydroxyl groups is 11. The lowest BCUT2D eigenvalue weighted by Crippen LogP contribution is -2.66. The first kappa shape index (κ1) is 90.4. The van der Waals surface area contributed by atoms with E-state index in [1.807, 2.05) is 0 Å². The van der Waals surface area contributed by atoms with Gasteiger partial charge >= 0.3 is 0 Å². The third kappa shape index (κ3) is 40.9. The number of aliphatic hydroxyl groups excluding tert-OH is 11. The van der Waals surface area contributed by atoms with Crippen molar-refractivity contribution >= 4 is 5.91 Å². The summed E-state index contributed by atoms with van der Waals surface area (Å²) in [6, 6.07) is -0.888. The summed E-state index contributed by atoms with van der Waals surface area (Å²) in [4.78, 5) is 13.5. The molecule has 99 heavy (non-hydrogen) atoms. The van der Waals surface area contributed by atoms with Crippen LogP contribution in [0.1, 0.15) is 296 Å². The van der Waals surface area contributed by atoms with Crippen LogP contribution in [0.5, 0.6) is 0 Å². The number of rotatable bonds is 62. The van der Waals surface area contributed by atoms with Crippen molar-refractivity contribution in [2.75, 3.05) is 26.4 Å². The highest BCUT2D eigenvalue weighted by atomic mass is 16.8. The van der Waals surface area contributed by atoms with E-state index in [4.69, 9.17) is 28.4 Å². The second-order valence-corrected chi connectivity index (χ2v) is 28.2. The average Bonchev–Trinajstić information content (AvgIpc) is 0.784. The zero-order chi connectivity index (χ0) is 71.8. The molecule has 19 nitrogen and oxygen atoms in total. The molecule has 0 bridgehead atoms. The molecule has 0 aliphatic carbocycles. The Morgan fingerprint density at radius 3 is 1.09 bits per heavy atom. The van der Waals surface area contributed by atoms with Gasteiger partial charge in [-0.2, -0.15) is 0 Å². The predicted molar refractivity (Wildman–Crippen MR) is 392 cm³/mol. The highest BCUT2D eigenvalue weighted by Gasteiger charge is 2.54. The molecule has 0 radical (unpaired) electrons. The molecule has 3 saturated heterocycles. The minimum Gasteiger partial charge on any atom is -0.394 e. The van der Waals surface area contributed by atoms with Gasteiger partial charge in [-0.15, -0.1) is 0 Å². The number of allylic oxidation sites excluding steroid dienone is 12. The van der Waals surface area contributed by atoms with E-state index in [1.165, 1.54) is 180 Å². The maximum absolute atomic E-state index is 13.5. The van der Waals surface area contributed by atoms with E-state index in [1.54, 1.807) is 0 Å². The molecule has 19 heteroatoms. The smallest absolute Gasteiger partial charge is 0.220 e. The standard InChI is InChI=1S/C80H143NO18/c1-3-5-7-9-11-13-15-17-19-20-21-22-23-24-25-26-27-28-29-30-31-32-33-34-35-36-37-38-39-40-41-42-44-46-48-50-52-54-56-58-68(86)81-63(64(85)57-55-53-51-49-47-45-43-18-16-14-12-10-8-6-4-2)62-94-78-74(92)71(89)76(66(60-83)96-78)99-80-75(93)72(90)77(67(61-84)97-80)98-79-73(91)70(88)69(87)65(59-82)95-79/h5,7,11,13,17,19,21-22,24-25,27-28,63-67,69-80,82-85,87-93H,3-4,6,8-10,12,14-16,18,20,23,26,29-62H2,1-2H3,(H,81,86)/b7-5-,13-11-,19-17-,22-21-,25-24-,28-27-. The number of carbonyl (C=O) groups excluding carboxylic acids is 1. The SMILES string of the molecule is CC/C=C\C/C=C\C/C=C\C/C=C\C/C=C\C/C=C\CCCCCCCCCCCCCCCCCCCCCCC(=O)NC(COC1OC(CO)C(OC2OC(CO)C(OC3OC(CO)C(O)C(O)C3O)C(O)C2O)C(O)C1O)C(O)CCCCCCCCCCCCCCCCC. The van der Waals surface area contributed by atoms with Crippen LogP contribution in [0, 0.1) is 0 Å². The molecule has 0 aromatic carbocycles. The Bertz CT molecular complexity index is 2070. The molecule has 0 aromatic heterocycles. The Hall–Kier alpha value is -2.77. The Labute approximate surface area is 598 Å². The number of hydrogen-bond acceptors (Lipinski definition) is 18. The Morgan fingerprint density at radius 1 is 0.374 bits per heavy atom. The van der Waals surface area contributed by atoms with Crippen molar-refractivity contribution in [2.45, 2.75) is 401 Å². The molecule has 0 saturated carbocycles. The van der Waals surface area contributed by atoms with Gasteiger partial charge in [0.2, 0.25) is 5.91 Å². The largest absolute Gasteiger partial charge is 0.394 e. The van der Waals surface area contributed by atoms with E-state index in [9.17, 15) is 61.0 Å². The summed E-state index contributed by atoms with van der Waals surface area (Å²) >= 11 is 0. The van der Waals surface area contributed by atoms with Crippen LogP contribution in [0.4, 0.5) is 0 Å². The molecule has 3 aliphatic heterocycles. The van der Waals surface area contributed by atoms with Gasteiger partial charge in [0.05, 0.1) is 38.6 Å². The van der Waals surface area contributed by atoms with E-state index in [0.29, 0.717) is 12.8 Å². The van der Waals surface area contributed by atoms with Crippen LogP contribution in [0.25, 0.3) is 0 Å². The Morgan fingerprint density at radius 2 is 0.697 bits per heavy atom. The van der Waals surface area contributed by atoms with Crippen LogP contribution in [0.3, 0.4) is 0 Å². The predicted octanol–water partition coefficient (Wildman–Crippen LogP) is 12.8. The minimum atomic E-state index is -1.97. The molecule has 3 aliphatic rings. The van der Waals surface area contributed by atoms with Crippen LogP contribution >= 0.6 is 0 Å². The molecular weight excluding hydrogens is 1260 g/mol. The summed E-state index contributed by atoms with van der Waals surface area (Å²) in [6.45, 7) is 1.70. The lowest BCUT2D eigenvalue weighted by Gasteiger charge is -2.48. The van der Waals surface area contributed by atoms with Crippen LogP contribution in [-0.4, -0.2) is 193 Å². The molecule has 3 heterocycles. The zero-order valence-electron chi connectivity index (χ0n) is 61.5. The average molecular weight is 1410 g/mol. The van der Waals surface area contributed by atoms with Gasteiger partial charge in [-0.3, -0.25) is 4.79 Å². The molecule has 1 amide bonds. The summed E-state index contributed by atoms with van der Waals surface area (Å²) in [6.07, 6.45) is 51.5. The van der Waals surface area contributed by atoms with Crippen molar-refractivity contribution in [3.05, 3.63) is 72.9 Å². The molecule has 3 fully saturated rings. The number of carbonyl (C=O) groups is 1. The van der Waals surface area contributed by atoms with Gasteiger partial charge in [-0.05, 0) is 64.2 Å². The number of hydrogen-bond donors (Lipinski definition) is 12. The summed E-state index contributed by atoms with van der Waals surface area (Å²) in [5.41, 5.74) is 0. The van der Waals surface area contributed by atoms with E-state index >= 15 is 0 Å². The quantitative estimate of drug-likeness (QED) is 0.0199. The summed E-state index contributed by atoms with van der Waals surface area (Å²) in [7, 11) is 0. The van der Waals surface area contributed by atoms with E-state index in [2.05, 4.69) is 92.1 Å². The number of amides is 1. The first-order chi connectivity index (χ1) is 48.3. The van der Waals surface area contributed by atoms with E-state index in [0.717, 1.165) is 83.5 Å². The third-order valence-electron chi connectivity index (χ3n) is 19.5. The topological polar surface area (TPSA) is 307 Å². The highest BCUT2D eigenvalue weighted by molar-refractivity contribution is 5.76. The molecular formula is C80H143NO18. The third-order valence-corrected chi connectivity index (χ3v) is 19.5. The molecule has 0 spiro atoms. The molecule has 17 atom stereocenters. The van der Waals surface area contributed by atoms with Crippen LogP contribution in [-0.2, 0) is 33.2 Å². The van der Waals surface area contributed by atoms with Gasteiger partial charge in [-0.25, -0.2) is 0 Å². The van der Waals surface area contributed by atoms with Gasteiger partial charge in [-0.1, -0.05) is 299 Å². The van der Waals surface area contributed by atoms with E-state index < -0.39 is 124 Å². The monoisotopic (exact) mass is 1410 g/mol. The fourth-order valence-corrected chi connectivity index (χ4v) is 13.2. The first-order valence-corrected chi connectivity index (χ1v) is 39.7. The van der Waals surface area contributed by atoms with Crippen molar-refractivity contribution in [2.24, 2.45) is 0 Å². The number of nitrogens with one attached hydrogen (secondary N) is 1. The van der Waals surface area contributed by atoms with Gasteiger partial charge in [0.25, 0.3) is 0 Å². The lowest BCUT2D eigenvalue weighted by atomic mass is 9.96. The van der Waals surface area contributed by atoms with Gasteiger partial charge in [0, 0.05) is 6.42 Å². The first-order valence-electron chi connectivity index (χ1n) is 39.7. The molecule has 12 N–H and O–H groups in total. The second kappa shape index (κ2) is 60.5. The van der Waals surface area contributed by atoms with Gasteiger partial charge < -0.3 is 89.9 Å². The minimum absolute atomic E-state index is 0.240. The van der Waals surface area contributed by atoms with Gasteiger partial charge in [0.1, 0.15) is 73.2 Å². The zero-order valence-corrected chi connectivity index (χ0v) is 61.5. The van der Waals surface area contributed by atoms with Crippen LogP contribution in [0.15, 0.2) is 72.9 Å². The maximum atomic E-state index is 13.5. The van der Waals surface area contributed by atoms with Crippen LogP contribution < -0.4 is 5.32 Å². The fraction of sp³-hybridized carbons (Fsp3) is 0.838. The normalized spacial score (nSPS) is 27.0. The van der Waals surface area contributed by atoms with Crippen molar-refractivity contribution in [1.82, 2.24) is 5.32 Å². The molecule has 17 unspecified atom stereocenters. The molecule has 0 aromatic rings. The molecule has 576 valence electrons. The second-order valence-electron chi connectivity index (χ2n) is 28.2. The highest BCUT2D eigenvalue weighted by Crippen LogP contribution is 2.33. The fourth-order valence-electron chi connectivity index (χ4n) is 13.2. The number of ether oxygens (including phenoxy) is 6. The number of unbranched alkanes of at least 4 members (excludes halogenated alkanes) is 34. The molecule has 3 rings (SSSR count). The summed E-state index contributed by atoms with van der Waals surface area (Å²) in [5, 5.41) is 121.